The minimum Gasteiger partial charge on any atom is -0.497 e. The van der Waals surface area contributed by atoms with Gasteiger partial charge in [0.15, 0.2) is 5.78 Å². The normalized spacial score (nSPS) is 10.2. The molecule has 0 aliphatic carbocycles. The molecule has 0 bridgehead atoms. The van der Waals surface area contributed by atoms with Crippen molar-refractivity contribution in [3.05, 3.63) is 88.4 Å². The van der Waals surface area contributed by atoms with Gasteiger partial charge in [0.1, 0.15) is 11.5 Å². The van der Waals surface area contributed by atoms with Crippen LogP contribution in [-0.2, 0) is 0 Å². The summed E-state index contributed by atoms with van der Waals surface area (Å²) in [6, 6.07) is 18.5. The minimum atomic E-state index is -0.430. The maximum Gasteiger partial charge on any atom is 0.259 e. The maximum atomic E-state index is 12.9. The molecule has 6 heteroatoms. The summed E-state index contributed by atoms with van der Waals surface area (Å²) in [7, 11) is 2.99. The SMILES string of the molecule is COc1ccc(OC)c(C(=O)Nc2ccc(Cl)cc2C(=O)c2ccccc2)c1. The summed E-state index contributed by atoms with van der Waals surface area (Å²) in [5.41, 5.74) is 1.44. The van der Waals surface area contributed by atoms with Gasteiger partial charge in [-0.3, -0.25) is 9.59 Å². The van der Waals surface area contributed by atoms with Gasteiger partial charge in [-0.1, -0.05) is 41.9 Å². The summed E-state index contributed by atoms with van der Waals surface area (Å²) in [6.45, 7) is 0. The molecular weight excluding hydrogens is 378 g/mol. The molecule has 1 amide bonds. The second-order valence-corrected chi connectivity index (χ2v) is 6.34. The number of carbonyl (C=O) groups is 2. The highest BCUT2D eigenvalue weighted by Crippen LogP contribution is 2.28. The molecule has 0 saturated carbocycles. The molecule has 0 unspecified atom stereocenters. The van der Waals surface area contributed by atoms with Crippen LogP contribution < -0.4 is 14.8 Å². The molecule has 1 N–H and O–H groups in total. The van der Waals surface area contributed by atoms with Gasteiger partial charge in [-0.15, -0.1) is 0 Å². The number of rotatable bonds is 6. The van der Waals surface area contributed by atoms with E-state index >= 15 is 0 Å². The number of ketones is 1. The van der Waals surface area contributed by atoms with Crippen molar-refractivity contribution in [2.75, 3.05) is 19.5 Å². The first-order chi connectivity index (χ1) is 13.5. The lowest BCUT2D eigenvalue weighted by Gasteiger charge is -2.14. The van der Waals surface area contributed by atoms with Crippen molar-refractivity contribution < 1.29 is 19.1 Å². The largest absolute Gasteiger partial charge is 0.497 e. The molecule has 0 aliphatic rings. The van der Waals surface area contributed by atoms with Crippen LogP contribution in [0.15, 0.2) is 66.7 Å². The summed E-state index contributed by atoms with van der Waals surface area (Å²) < 4.78 is 10.4. The quantitative estimate of drug-likeness (QED) is 0.606. The predicted molar refractivity (Wildman–Crippen MR) is 109 cm³/mol. The lowest BCUT2D eigenvalue weighted by molar-refractivity contribution is 0.102. The number of carbonyl (C=O) groups excluding carboxylic acids is 2. The van der Waals surface area contributed by atoms with Gasteiger partial charge in [-0.2, -0.15) is 0 Å². The summed E-state index contributed by atoms with van der Waals surface area (Å²) in [5.74, 6) is 0.238. The Kier molecular flexibility index (Phi) is 5.96. The third kappa shape index (κ3) is 4.15. The summed E-state index contributed by atoms with van der Waals surface area (Å²) in [6.07, 6.45) is 0. The highest BCUT2D eigenvalue weighted by molar-refractivity contribution is 6.31. The molecule has 142 valence electrons. The second-order valence-electron chi connectivity index (χ2n) is 5.91. The minimum absolute atomic E-state index is 0.240. The number of ether oxygens (including phenoxy) is 2. The van der Waals surface area contributed by atoms with Crippen molar-refractivity contribution in [2.45, 2.75) is 0 Å². The first kappa shape index (κ1) is 19.5. The highest BCUT2D eigenvalue weighted by Gasteiger charge is 2.19. The number of hydrogen-bond acceptors (Lipinski definition) is 4. The van der Waals surface area contributed by atoms with Crippen LogP contribution in [0.5, 0.6) is 11.5 Å². The fraction of sp³-hybridized carbons (Fsp3) is 0.0909. The molecule has 3 aromatic rings. The Bertz CT molecular complexity index is 1020. The van der Waals surface area contributed by atoms with Crippen molar-refractivity contribution >= 4 is 29.0 Å². The Morgan fingerprint density at radius 1 is 0.857 bits per heavy atom. The molecular formula is C22H18ClNO4. The molecule has 3 aromatic carbocycles. The van der Waals surface area contributed by atoms with E-state index in [-0.39, 0.29) is 11.3 Å². The molecule has 3 rings (SSSR count). The van der Waals surface area contributed by atoms with Gasteiger partial charge in [-0.05, 0) is 36.4 Å². The summed E-state index contributed by atoms with van der Waals surface area (Å²) >= 11 is 6.09. The van der Waals surface area contributed by atoms with E-state index in [1.165, 1.54) is 20.3 Å². The molecule has 0 aliphatic heterocycles. The van der Waals surface area contributed by atoms with E-state index in [1.54, 1.807) is 54.6 Å². The fourth-order valence-electron chi connectivity index (χ4n) is 2.74. The average Bonchev–Trinajstić information content (AvgIpc) is 2.74. The van der Waals surface area contributed by atoms with E-state index in [4.69, 9.17) is 21.1 Å². The van der Waals surface area contributed by atoms with Gasteiger partial charge in [0.25, 0.3) is 5.91 Å². The smallest absolute Gasteiger partial charge is 0.259 e. The van der Waals surface area contributed by atoms with Crippen LogP contribution in [0.1, 0.15) is 26.3 Å². The van der Waals surface area contributed by atoms with Gasteiger partial charge in [0.05, 0.1) is 25.5 Å². The molecule has 28 heavy (non-hydrogen) atoms. The second kappa shape index (κ2) is 8.59. The Morgan fingerprint density at radius 2 is 1.61 bits per heavy atom. The van der Waals surface area contributed by atoms with E-state index in [1.807, 2.05) is 6.07 Å². The first-order valence-electron chi connectivity index (χ1n) is 8.46. The zero-order valence-electron chi connectivity index (χ0n) is 15.4. The van der Waals surface area contributed by atoms with Crippen LogP contribution in [-0.4, -0.2) is 25.9 Å². The van der Waals surface area contributed by atoms with Crippen LogP contribution in [0.3, 0.4) is 0 Å². The zero-order chi connectivity index (χ0) is 20.1. The average molecular weight is 396 g/mol. The Balaban J connectivity index is 1.97. The number of hydrogen-bond donors (Lipinski definition) is 1. The number of nitrogens with one attached hydrogen (secondary N) is 1. The van der Waals surface area contributed by atoms with Gasteiger partial charge in [0, 0.05) is 16.1 Å². The van der Waals surface area contributed by atoms with Crippen molar-refractivity contribution in [2.24, 2.45) is 0 Å². The predicted octanol–water partition coefficient (Wildman–Crippen LogP) is 4.84. The number of methoxy groups -OCH3 is 2. The Morgan fingerprint density at radius 3 is 2.29 bits per heavy atom. The molecule has 0 radical (unpaired) electrons. The lowest BCUT2D eigenvalue weighted by atomic mass is 10.0. The van der Waals surface area contributed by atoms with E-state index in [2.05, 4.69) is 5.32 Å². The number of benzene rings is 3. The van der Waals surface area contributed by atoms with Gasteiger partial charge >= 0.3 is 0 Å². The van der Waals surface area contributed by atoms with Crippen LogP contribution in [0.25, 0.3) is 0 Å². The molecule has 0 saturated heterocycles. The fourth-order valence-corrected chi connectivity index (χ4v) is 2.91. The highest BCUT2D eigenvalue weighted by atomic mass is 35.5. The molecule has 0 atom stereocenters. The van der Waals surface area contributed by atoms with Crippen molar-refractivity contribution in [3.63, 3.8) is 0 Å². The Labute approximate surface area is 167 Å². The summed E-state index contributed by atoms with van der Waals surface area (Å²) in [5, 5.41) is 3.18. The number of anilines is 1. The monoisotopic (exact) mass is 395 g/mol. The molecule has 0 heterocycles. The van der Waals surface area contributed by atoms with Crippen LogP contribution in [0.2, 0.25) is 5.02 Å². The number of amides is 1. The summed E-state index contributed by atoms with van der Waals surface area (Å²) in [4.78, 5) is 25.8. The van der Waals surface area contributed by atoms with Crippen molar-refractivity contribution in [3.8, 4) is 11.5 Å². The van der Waals surface area contributed by atoms with Crippen LogP contribution in [0.4, 0.5) is 5.69 Å². The standard InChI is InChI=1S/C22H18ClNO4/c1-27-16-9-11-20(28-2)18(13-16)22(26)24-19-10-8-15(23)12-17(19)21(25)14-6-4-3-5-7-14/h3-13H,1-2H3,(H,24,26). The third-order valence-electron chi connectivity index (χ3n) is 4.16. The van der Waals surface area contributed by atoms with E-state index in [0.717, 1.165) is 0 Å². The van der Waals surface area contributed by atoms with Gasteiger partial charge < -0.3 is 14.8 Å². The van der Waals surface area contributed by atoms with Crippen LogP contribution in [0, 0.1) is 0 Å². The van der Waals surface area contributed by atoms with Crippen molar-refractivity contribution in [1.29, 1.82) is 0 Å². The maximum absolute atomic E-state index is 12.9. The first-order valence-corrected chi connectivity index (χ1v) is 8.84. The Hall–Kier alpha value is -3.31. The van der Waals surface area contributed by atoms with E-state index < -0.39 is 5.91 Å². The molecule has 0 fully saturated rings. The van der Waals surface area contributed by atoms with Crippen molar-refractivity contribution in [1.82, 2.24) is 0 Å². The topological polar surface area (TPSA) is 64.6 Å². The van der Waals surface area contributed by atoms with Gasteiger partial charge in [-0.25, -0.2) is 0 Å². The molecule has 5 nitrogen and oxygen atoms in total. The lowest BCUT2D eigenvalue weighted by Crippen LogP contribution is -2.16. The zero-order valence-corrected chi connectivity index (χ0v) is 16.1. The van der Waals surface area contributed by atoms with E-state index in [9.17, 15) is 9.59 Å². The molecule has 0 spiro atoms. The van der Waals surface area contributed by atoms with E-state index in [0.29, 0.717) is 33.3 Å². The molecule has 0 aromatic heterocycles. The number of halogens is 1. The third-order valence-corrected chi connectivity index (χ3v) is 4.40. The van der Waals surface area contributed by atoms with Gasteiger partial charge in [0.2, 0.25) is 0 Å². The van der Waals surface area contributed by atoms with Crippen LogP contribution >= 0.6 is 11.6 Å².